The number of H-pyrrole nitrogens is 1. The highest BCUT2D eigenvalue weighted by molar-refractivity contribution is 7.14. The molecule has 0 bridgehead atoms. The van der Waals surface area contributed by atoms with Crippen molar-refractivity contribution in [2.45, 2.75) is 19.3 Å². The van der Waals surface area contributed by atoms with Gasteiger partial charge in [-0.1, -0.05) is 12.2 Å². The van der Waals surface area contributed by atoms with E-state index in [9.17, 15) is 9.59 Å². The molecule has 3 rings (SSSR count). The lowest BCUT2D eigenvalue weighted by Gasteiger charge is -2.06. The number of carbonyl (C=O) groups is 2. The minimum atomic E-state index is -0.514. The standard InChI is InChI=1S/C15H16N4O2S/c16-14(21)11-6-10(7-17-11)12-8-22-15(18-12)19-13(20)5-9-3-1-2-4-9/h1,3,6-9,17H,2,4-5H2,(H2,16,21)(H,18,19,20)/t9-/m1/s1. The number of anilines is 1. The van der Waals surface area contributed by atoms with Crippen molar-refractivity contribution in [3.63, 3.8) is 0 Å². The fraction of sp³-hybridized carbons (Fsp3) is 0.267. The highest BCUT2D eigenvalue weighted by atomic mass is 32.1. The molecule has 6 nitrogen and oxygen atoms in total. The summed E-state index contributed by atoms with van der Waals surface area (Å²) in [6.45, 7) is 0. The summed E-state index contributed by atoms with van der Waals surface area (Å²) in [7, 11) is 0. The molecule has 22 heavy (non-hydrogen) atoms. The fourth-order valence-corrected chi connectivity index (χ4v) is 3.16. The topological polar surface area (TPSA) is 101 Å². The average Bonchev–Trinajstić information content (AvgIpc) is 3.18. The van der Waals surface area contributed by atoms with Gasteiger partial charge in [-0.15, -0.1) is 11.3 Å². The van der Waals surface area contributed by atoms with Crippen molar-refractivity contribution in [1.29, 1.82) is 0 Å². The smallest absolute Gasteiger partial charge is 0.265 e. The maximum atomic E-state index is 12.0. The molecule has 0 spiro atoms. The van der Waals surface area contributed by atoms with E-state index in [2.05, 4.69) is 27.4 Å². The summed E-state index contributed by atoms with van der Waals surface area (Å²) in [5.74, 6) is -0.203. The van der Waals surface area contributed by atoms with Crippen molar-refractivity contribution in [2.24, 2.45) is 11.7 Å². The number of hydrogen-bond donors (Lipinski definition) is 3. The molecule has 0 unspecified atom stereocenters. The molecule has 114 valence electrons. The van der Waals surface area contributed by atoms with E-state index in [1.54, 1.807) is 12.3 Å². The summed E-state index contributed by atoms with van der Waals surface area (Å²) in [5, 5.41) is 5.21. The van der Waals surface area contributed by atoms with Crippen molar-refractivity contribution in [3.05, 3.63) is 35.5 Å². The van der Waals surface area contributed by atoms with Crippen molar-refractivity contribution >= 4 is 28.3 Å². The molecular weight excluding hydrogens is 300 g/mol. The first-order chi connectivity index (χ1) is 10.6. The van der Waals surface area contributed by atoms with E-state index >= 15 is 0 Å². The number of nitrogens with two attached hydrogens (primary N) is 1. The van der Waals surface area contributed by atoms with Crippen molar-refractivity contribution in [3.8, 4) is 11.3 Å². The Bertz CT molecular complexity index is 731. The number of primary amides is 1. The summed E-state index contributed by atoms with van der Waals surface area (Å²) in [6.07, 6.45) is 8.45. The summed E-state index contributed by atoms with van der Waals surface area (Å²) in [4.78, 5) is 30.2. The van der Waals surface area contributed by atoms with Gasteiger partial charge in [0.25, 0.3) is 5.91 Å². The number of aromatic nitrogens is 2. The van der Waals surface area contributed by atoms with Crippen LogP contribution in [-0.2, 0) is 4.79 Å². The van der Waals surface area contributed by atoms with E-state index in [4.69, 9.17) is 5.73 Å². The number of hydrogen-bond acceptors (Lipinski definition) is 4. The number of rotatable bonds is 5. The first-order valence-corrected chi connectivity index (χ1v) is 7.90. The van der Waals surface area contributed by atoms with Crippen LogP contribution in [0.2, 0.25) is 0 Å². The van der Waals surface area contributed by atoms with E-state index < -0.39 is 5.91 Å². The second kappa shape index (κ2) is 6.15. The van der Waals surface area contributed by atoms with E-state index in [0.717, 1.165) is 18.4 Å². The predicted octanol–water partition coefficient (Wildman–Crippen LogP) is 2.53. The van der Waals surface area contributed by atoms with Crippen LogP contribution in [0.3, 0.4) is 0 Å². The molecule has 0 aromatic carbocycles. The van der Waals surface area contributed by atoms with Crippen LogP contribution in [0.5, 0.6) is 0 Å². The SMILES string of the molecule is NC(=O)c1cc(-c2csc(NC(=O)C[C@@H]3C=CCC3)n2)c[nH]1. The minimum Gasteiger partial charge on any atom is -0.364 e. The number of allylic oxidation sites excluding steroid dienone is 2. The van der Waals surface area contributed by atoms with Gasteiger partial charge in [0.1, 0.15) is 5.69 Å². The molecular formula is C15H16N4O2S. The van der Waals surface area contributed by atoms with Gasteiger partial charge in [0.05, 0.1) is 5.69 Å². The molecule has 4 N–H and O–H groups in total. The Morgan fingerprint density at radius 1 is 1.50 bits per heavy atom. The van der Waals surface area contributed by atoms with Gasteiger partial charge in [0.15, 0.2) is 5.13 Å². The van der Waals surface area contributed by atoms with Crippen LogP contribution < -0.4 is 11.1 Å². The van der Waals surface area contributed by atoms with Crippen molar-refractivity contribution in [1.82, 2.24) is 9.97 Å². The zero-order chi connectivity index (χ0) is 15.5. The van der Waals surface area contributed by atoms with Crippen LogP contribution in [-0.4, -0.2) is 21.8 Å². The van der Waals surface area contributed by atoms with Gasteiger partial charge < -0.3 is 16.0 Å². The van der Waals surface area contributed by atoms with Crippen molar-refractivity contribution in [2.75, 3.05) is 5.32 Å². The fourth-order valence-electron chi connectivity index (χ4n) is 2.42. The maximum absolute atomic E-state index is 12.0. The molecule has 0 aliphatic heterocycles. The highest BCUT2D eigenvalue weighted by Gasteiger charge is 2.15. The number of carbonyl (C=O) groups excluding carboxylic acids is 2. The molecule has 0 saturated carbocycles. The van der Waals surface area contributed by atoms with E-state index in [1.165, 1.54) is 11.3 Å². The minimum absolute atomic E-state index is 0.0238. The maximum Gasteiger partial charge on any atom is 0.265 e. The molecule has 1 atom stereocenters. The van der Waals surface area contributed by atoms with Crippen LogP contribution in [0.25, 0.3) is 11.3 Å². The summed E-state index contributed by atoms with van der Waals surface area (Å²) < 4.78 is 0. The van der Waals surface area contributed by atoms with Gasteiger partial charge in [-0.05, 0) is 24.8 Å². The predicted molar refractivity (Wildman–Crippen MR) is 85.5 cm³/mol. The number of thiazole rings is 1. The lowest BCUT2D eigenvalue weighted by atomic mass is 10.1. The third kappa shape index (κ3) is 3.25. The highest BCUT2D eigenvalue weighted by Crippen LogP contribution is 2.26. The van der Waals surface area contributed by atoms with Gasteiger partial charge in [-0.3, -0.25) is 9.59 Å². The van der Waals surface area contributed by atoms with Crippen LogP contribution in [0.15, 0.2) is 29.8 Å². The van der Waals surface area contributed by atoms with Gasteiger partial charge in [-0.2, -0.15) is 0 Å². The molecule has 0 saturated heterocycles. The Morgan fingerprint density at radius 2 is 2.36 bits per heavy atom. The lowest BCUT2D eigenvalue weighted by Crippen LogP contribution is -2.14. The first kappa shape index (κ1) is 14.5. The Labute approximate surface area is 131 Å². The normalized spacial score (nSPS) is 16.8. The molecule has 0 fully saturated rings. The molecule has 1 aliphatic rings. The third-order valence-corrected chi connectivity index (χ3v) is 4.31. The Kier molecular flexibility index (Phi) is 4.06. The van der Waals surface area contributed by atoms with E-state index in [0.29, 0.717) is 28.9 Å². The Balaban J connectivity index is 1.64. The molecule has 2 aromatic rings. The quantitative estimate of drug-likeness (QED) is 0.739. The first-order valence-electron chi connectivity index (χ1n) is 7.02. The molecule has 7 heteroatoms. The third-order valence-electron chi connectivity index (χ3n) is 3.55. The molecule has 2 amide bonds. The van der Waals surface area contributed by atoms with Gasteiger partial charge in [-0.25, -0.2) is 4.98 Å². The van der Waals surface area contributed by atoms with Crippen LogP contribution in [0.4, 0.5) is 5.13 Å². The molecule has 0 radical (unpaired) electrons. The summed E-state index contributed by atoms with van der Waals surface area (Å²) >= 11 is 1.36. The Morgan fingerprint density at radius 3 is 3.05 bits per heavy atom. The molecule has 2 heterocycles. The zero-order valence-corrected chi connectivity index (χ0v) is 12.7. The van der Waals surface area contributed by atoms with Crippen molar-refractivity contribution < 1.29 is 9.59 Å². The summed E-state index contributed by atoms with van der Waals surface area (Å²) in [6, 6.07) is 1.65. The van der Waals surface area contributed by atoms with Gasteiger partial charge >= 0.3 is 0 Å². The number of nitrogens with one attached hydrogen (secondary N) is 2. The second-order valence-electron chi connectivity index (χ2n) is 5.22. The number of nitrogens with zero attached hydrogens (tertiary/aromatic N) is 1. The van der Waals surface area contributed by atoms with Gasteiger partial charge in [0.2, 0.25) is 5.91 Å². The van der Waals surface area contributed by atoms with Crippen LogP contribution in [0.1, 0.15) is 29.8 Å². The Hall–Kier alpha value is -2.41. The van der Waals surface area contributed by atoms with Gasteiger partial charge in [0, 0.05) is 23.6 Å². The average molecular weight is 316 g/mol. The largest absolute Gasteiger partial charge is 0.364 e. The molecule has 2 aromatic heterocycles. The molecule has 1 aliphatic carbocycles. The van der Waals surface area contributed by atoms with E-state index in [-0.39, 0.29) is 5.91 Å². The monoisotopic (exact) mass is 316 g/mol. The van der Waals surface area contributed by atoms with Crippen LogP contribution >= 0.6 is 11.3 Å². The number of aromatic amines is 1. The zero-order valence-electron chi connectivity index (χ0n) is 11.8. The summed E-state index contributed by atoms with van der Waals surface area (Å²) in [5.41, 5.74) is 7.01. The van der Waals surface area contributed by atoms with Crippen LogP contribution in [0, 0.1) is 5.92 Å². The number of amides is 2. The second-order valence-corrected chi connectivity index (χ2v) is 6.08. The lowest BCUT2D eigenvalue weighted by molar-refractivity contribution is -0.116. The van der Waals surface area contributed by atoms with E-state index in [1.807, 2.05) is 5.38 Å².